The minimum atomic E-state index is -0.186. The van der Waals surface area contributed by atoms with E-state index in [9.17, 15) is 4.79 Å². The van der Waals surface area contributed by atoms with Crippen molar-refractivity contribution in [1.29, 1.82) is 0 Å². The molecule has 6 heteroatoms. The summed E-state index contributed by atoms with van der Waals surface area (Å²) in [6.45, 7) is 4.18. The van der Waals surface area contributed by atoms with Crippen LogP contribution in [0.4, 0.5) is 0 Å². The molecule has 2 heterocycles. The Morgan fingerprint density at radius 3 is 3.04 bits per heavy atom. The third-order valence-electron chi connectivity index (χ3n) is 4.56. The summed E-state index contributed by atoms with van der Waals surface area (Å²) in [5.74, 6) is 0.861. The van der Waals surface area contributed by atoms with Crippen molar-refractivity contribution < 1.29 is 14.1 Å². The summed E-state index contributed by atoms with van der Waals surface area (Å²) in [6, 6.07) is 12.2. The van der Waals surface area contributed by atoms with Gasteiger partial charge < -0.3 is 19.5 Å². The number of benzene rings is 1. The smallest absolute Gasteiger partial charge is 0.273 e. The van der Waals surface area contributed by atoms with Crippen molar-refractivity contribution in [1.82, 2.24) is 15.4 Å². The maximum absolute atomic E-state index is 12.1. The van der Waals surface area contributed by atoms with Crippen LogP contribution < -0.4 is 5.32 Å². The van der Waals surface area contributed by atoms with Gasteiger partial charge in [-0.25, -0.2) is 0 Å². The highest BCUT2D eigenvalue weighted by Gasteiger charge is 2.23. The molecule has 1 unspecified atom stereocenters. The van der Waals surface area contributed by atoms with E-state index < -0.39 is 0 Å². The molecular formula is C19H25N3O3. The molecule has 1 aromatic carbocycles. The number of aromatic nitrogens is 1. The molecule has 3 rings (SSSR count). The zero-order valence-electron chi connectivity index (χ0n) is 14.6. The van der Waals surface area contributed by atoms with Crippen LogP contribution in [0.2, 0.25) is 0 Å². The first-order chi connectivity index (χ1) is 12.2. The lowest BCUT2D eigenvalue weighted by Crippen LogP contribution is -2.31. The van der Waals surface area contributed by atoms with Crippen molar-refractivity contribution in [3.05, 3.63) is 53.4 Å². The third-order valence-corrected chi connectivity index (χ3v) is 4.56. The normalized spacial score (nSPS) is 17.7. The van der Waals surface area contributed by atoms with Gasteiger partial charge >= 0.3 is 0 Å². The number of carbonyl (C=O) groups excluding carboxylic acids is 1. The molecule has 1 N–H and O–H groups in total. The number of likely N-dealkylation sites (tertiary alicyclic amines) is 1. The minimum Gasteiger partial charge on any atom is -0.377 e. The summed E-state index contributed by atoms with van der Waals surface area (Å²) in [6.07, 6.45) is 2.18. The summed E-state index contributed by atoms with van der Waals surface area (Å²) in [5, 5.41) is 6.74. The molecule has 1 fully saturated rings. The van der Waals surface area contributed by atoms with E-state index in [-0.39, 0.29) is 5.91 Å². The quantitative estimate of drug-likeness (QED) is 0.795. The van der Waals surface area contributed by atoms with Crippen LogP contribution in [0.3, 0.4) is 0 Å². The number of rotatable bonds is 8. The lowest BCUT2D eigenvalue weighted by atomic mass is 10.1. The van der Waals surface area contributed by atoms with E-state index in [1.54, 1.807) is 13.2 Å². The van der Waals surface area contributed by atoms with Gasteiger partial charge in [0, 0.05) is 32.8 Å². The summed E-state index contributed by atoms with van der Waals surface area (Å²) in [7, 11) is 1.58. The Morgan fingerprint density at radius 2 is 2.24 bits per heavy atom. The predicted molar refractivity (Wildman–Crippen MR) is 94.2 cm³/mol. The molecule has 2 aromatic rings. The molecule has 1 aliphatic heterocycles. The van der Waals surface area contributed by atoms with Crippen LogP contribution in [0.25, 0.3) is 0 Å². The number of hydrogen-bond acceptors (Lipinski definition) is 5. The van der Waals surface area contributed by atoms with Crippen LogP contribution >= 0.6 is 0 Å². The van der Waals surface area contributed by atoms with Gasteiger partial charge in [-0.15, -0.1) is 0 Å². The number of methoxy groups -OCH3 is 1. The molecule has 1 saturated heterocycles. The van der Waals surface area contributed by atoms with Gasteiger partial charge in [0.05, 0.1) is 0 Å². The lowest BCUT2D eigenvalue weighted by Gasteiger charge is -2.16. The number of nitrogens with zero attached hydrogens (tertiary/aromatic N) is 2. The second-order valence-corrected chi connectivity index (χ2v) is 6.51. The van der Waals surface area contributed by atoms with E-state index in [1.807, 2.05) is 6.07 Å². The molecule has 1 aromatic heterocycles. The van der Waals surface area contributed by atoms with Gasteiger partial charge in [-0.05, 0) is 30.9 Å². The van der Waals surface area contributed by atoms with Gasteiger partial charge in [0.25, 0.3) is 5.91 Å². The fourth-order valence-electron chi connectivity index (χ4n) is 3.17. The van der Waals surface area contributed by atoms with Crippen molar-refractivity contribution in [3.63, 3.8) is 0 Å². The van der Waals surface area contributed by atoms with Crippen LogP contribution in [0, 0.1) is 5.92 Å². The molecule has 0 bridgehead atoms. The number of carbonyl (C=O) groups is 1. The van der Waals surface area contributed by atoms with E-state index >= 15 is 0 Å². The molecule has 0 radical (unpaired) electrons. The zero-order chi connectivity index (χ0) is 17.5. The SMILES string of the molecule is COCc1cc(C(=O)NCC2CCN(CCc3ccccc3)C2)no1. The molecule has 1 aliphatic rings. The number of hydrogen-bond donors (Lipinski definition) is 1. The second-order valence-electron chi connectivity index (χ2n) is 6.51. The molecule has 6 nitrogen and oxygen atoms in total. The Balaban J connectivity index is 1.38. The van der Waals surface area contributed by atoms with Crippen LogP contribution in [-0.4, -0.2) is 49.3 Å². The van der Waals surface area contributed by atoms with Crippen LogP contribution in [-0.2, 0) is 17.8 Å². The molecule has 134 valence electrons. The molecule has 0 spiro atoms. The average molecular weight is 343 g/mol. The fourth-order valence-corrected chi connectivity index (χ4v) is 3.17. The fraction of sp³-hybridized carbons (Fsp3) is 0.474. The summed E-state index contributed by atoms with van der Waals surface area (Å²) in [4.78, 5) is 14.6. The summed E-state index contributed by atoms with van der Waals surface area (Å²) >= 11 is 0. The average Bonchev–Trinajstić information content (AvgIpc) is 3.29. The summed E-state index contributed by atoms with van der Waals surface area (Å²) < 4.78 is 10.0. The van der Waals surface area contributed by atoms with Crippen molar-refractivity contribution in [2.75, 3.05) is 33.3 Å². The van der Waals surface area contributed by atoms with Gasteiger partial charge in [0.15, 0.2) is 11.5 Å². The van der Waals surface area contributed by atoms with Crippen molar-refractivity contribution in [3.8, 4) is 0 Å². The third kappa shape index (κ3) is 5.14. The topological polar surface area (TPSA) is 67.6 Å². The molecule has 1 amide bonds. The Morgan fingerprint density at radius 1 is 1.40 bits per heavy atom. The number of nitrogens with one attached hydrogen (secondary N) is 1. The Kier molecular flexibility index (Phi) is 6.19. The minimum absolute atomic E-state index is 0.186. The van der Waals surface area contributed by atoms with E-state index in [2.05, 4.69) is 39.6 Å². The van der Waals surface area contributed by atoms with Gasteiger partial charge in [0.1, 0.15) is 6.61 Å². The van der Waals surface area contributed by atoms with Crippen molar-refractivity contribution in [2.24, 2.45) is 5.92 Å². The Bertz CT molecular complexity index is 672. The Labute approximate surface area is 148 Å². The highest BCUT2D eigenvalue weighted by Crippen LogP contribution is 2.16. The van der Waals surface area contributed by atoms with E-state index in [1.165, 1.54) is 5.56 Å². The zero-order valence-corrected chi connectivity index (χ0v) is 14.6. The Hall–Kier alpha value is -2.18. The molecular weight excluding hydrogens is 318 g/mol. The van der Waals surface area contributed by atoms with E-state index in [4.69, 9.17) is 9.26 Å². The van der Waals surface area contributed by atoms with Crippen molar-refractivity contribution in [2.45, 2.75) is 19.4 Å². The van der Waals surface area contributed by atoms with Crippen molar-refractivity contribution >= 4 is 5.91 Å². The molecule has 0 saturated carbocycles. The van der Waals surface area contributed by atoms with E-state index in [0.717, 1.165) is 32.5 Å². The monoisotopic (exact) mass is 343 g/mol. The van der Waals surface area contributed by atoms with Crippen LogP contribution in [0.1, 0.15) is 28.2 Å². The lowest BCUT2D eigenvalue weighted by molar-refractivity contribution is 0.0937. The standard InChI is InChI=1S/C19H25N3O3/c1-24-14-17-11-18(21-25-17)19(23)20-12-16-8-10-22(13-16)9-7-15-5-3-2-4-6-15/h2-6,11,16H,7-10,12-14H2,1H3,(H,20,23). The number of ether oxygens (including phenoxy) is 1. The van der Waals surface area contributed by atoms with E-state index in [0.29, 0.717) is 30.5 Å². The predicted octanol–water partition coefficient (Wildman–Crippen LogP) is 2.12. The maximum Gasteiger partial charge on any atom is 0.273 e. The second kappa shape index (κ2) is 8.78. The largest absolute Gasteiger partial charge is 0.377 e. The first-order valence-corrected chi connectivity index (χ1v) is 8.73. The van der Waals surface area contributed by atoms with Crippen LogP contribution in [0.15, 0.2) is 40.9 Å². The molecule has 0 aliphatic carbocycles. The first kappa shape index (κ1) is 17.6. The summed E-state index contributed by atoms with van der Waals surface area (Å²) in [5.41, 5.74) is 1.68. The van der Waals surface area contributed by atoms with Gasteiger partial charge in [0.2, 0.25) is 0 Å². The number of amides is 1. The molecule has 1 atom stereocenters. The van der Waals surface area contributed by atoms with Gasteiger partial charge in [-0.1, -0.05) is 35.5 Å². The van der Waals surface area contributed by atoms with Gasteiger partial charge in [-0.2, -0.15) is 0 Å². The highest BCUT2D eigenvalue weighted by atomic mass is 16.5. The van der Waals surface area contributed by atoms with Gasteiger partial charge in [-0.3, -0.25) is 4.79 Å². The van der Waals surface area contributed by atoms with Crippen LogP contribution in [0.5, 0.6) is 0 Å². The maximum atomic E-state index is 12.1. The first-order valence-electron chi connectivity index (χ1n) is 8.73. The highest BCUT2D eigenvalue weighted by molar-refractivity contribution is 5.92. The molecule has 25 heavy (non-hydrogen) atoms.